The van der Waals surface area contributed by atoms with Crippen LogP contribution in [0.5, 0.6) is 0 Å². The van der Waals surface area contributed by atoms with E-state index < -0.39 is 0 Å². The predicted molar refractivity (Wildman–Crippen MR) is 124 cm³/mol. The van der Waals surface area contributed by atoms with Crippen molar-refractivity contribution in [3.8, 4) is 0 Å². The molecule has 3 heteroatoms. The number of carbonyl (C=O) groups is 1. The molecule has 1 aliphatic carbocycles. The van der Waals surface area contributed by atoms with Crippen LogP contribution in [0, 0.1) is 12.3 Å². The molecule has 0 radical (unpaired) electrons. The average Bonchev–Trinajstić information content (AvgIpc) is 2.69. The fourth-order valence-electron chi connectivity index (χ4n) is 4.20. The van der Waals surface area contributed by atoms with E-state index in [1.807, 2.05) is 55.5 Å². The Labute approximate surface area is 177 Å². The van der Waals surface area contributed by atoms with Gasteiger partial charge in [-0.1, -0.05) is 74.0 Å². The van der Waals surface area contributed by atoms with Crippen LogP contribution in [0.4, 0.5) is 5.69 Å². The number of rotatable bonds is 3. The lowest BCUT2D eigenvalue weighted by Gasteiger charge is -2.31. The van der Waals surface area contributed by atoms with Crippen LogP contribution in [-0.2, 0) is 11.2 Å². The van der Waals surface area contributed by atoms with E-state index in [-0.39, 0.29) is 17.0 Å². The summed E-state index contributed by atoms with van der Waals surface area (Å²) in [5.74, 6) is 0.0764. The van der Waals surface area contributed by atoms with Gasteiger partial charge in [-0.3, -0.25) is 9.79 Å². The van der Waals surface area contributed by atoms with Gasteiger partial charge in [0.05, 0.1) is 17.0 Å². The van der Waals surface area contributed by atoms with Crippen LogP contribution in [-0.4, -0.2) is 16.6 Å². The molecule has 1 N–H and O–H groups in total. The molecule has 30 heavy (non-hydrogen) atoms. The second kappa shape index (κ2) is 7.91. The third-order valence-corrected chi connectivity index (χ3v) is 5.68. The highest BCUT2D eigenvalue weighted by Gasteiger charge is 2.36. The fourth-order valence-corrected chi connectivity index (χ4v) is 4.20. The zero-order valence-corrected chi connectivity index (χ0v) is 17.8. The van der Waals surface area contributed by atoms with Gasteiger partial charge in [0.25, 0.3) is 0 Å². The standard InChI is InChI=1S/C27H27NO2/c1-18-11-13-21(14-12-18)28-23-16-27(2,3)17-25(30)26(23)24(29)15-20-9-6-8-19-7-4-5-10-22(19)20/h4-14,29H,15-17H2,1-3H3. The zero-order valence-electron chi connectivity index (χ0n) is 17.8. The number of fused-ring (bicyclic) bond motifs is 1. The van der Waals surface area contributed by atoms with E-state index in [1.54, 1.807) is 0 Å². The Bertz CT molecular complexity index is 1160. The van der Waals surface area contributed by atoms with Crippen LogP contribution in [0.25, 0.3) is 10.8 Å². The van der Waals surface area contributed by atoms with E-state index in [9.17, 15) is 9.90 Å². The molecule has 152 valence electrons. The zero-order chi connectivity index (χ0) is 21.3. The van der Waals surface area contributed by atoms with Crippen LogP contribution >= 0.6 is 0 Å². The molecule has 3 aromatic rings. The molecule has 1 aliphatic rings. The van der Waals surface area contributed by atoms with Crippen molar-refractivity contribution in [3.05, 3.63) is 89.2 Å². The minimum absolute atomic E-state index is 0.0325. The highest BCUT2D eigenvalue weighted by Crippen LogP contribution is 2.37. The van der Waals surface area contributed by atoms with Crippen LogP contribution in [0.2, 0.25) is 0 Å². The molecule has 0 spiro atoms. The Balaban J connectivity index is 1.78. The number of benzene rings is 3. The number of carbonyl (C=O) groups excluding carboxylic acids is 1. The summed E-state index contributed by atoms with van der Waals surface area (Å²) < 4.78 is 0. The maximum Gasteiger partial charge on any atom is 0.168 e. The SMILES string of the molecule is Cc1ccc(N=C2CC(C)(C)CC(=O)C2=C(O)Cc2cccc3ccccc23)cc1. The quantitative estimate of drug-likeness (QED) is 0.396. The Morgan fingerprint density at radius 2 is 1.67 bits per heavy atom. The molecule has 0 atom stereocenters. The molecule has 1 saturated carbocycles. The molecule has 4 rings (SSSR count). The number of aliphatic hydroxyl groups excluding tert-OH is 1. The van der Waals surface area contributed by atoms with Gasteiger partial charge in [-0.15, -0.1) is 0 Å². The van der Waals surface area contributed by atoms with Gasteiger partial charge in [0.1, 0.15) is 5.76 Å². The Morgan fingerprint density at radius 3 is 2.43 bits per heavy atom. The van der Waals surface area contributed by atoms with Crippen LogP contribution in [0.1, 0.15) is 37.8 Å². The third-order valence-electron chi connectivity index (χ3n) is 5.68. The highest BCUT2D eigenvalue weighted by molar-refractivity contribution is 6.25. The van der Waals surface area contributed by atoms with Crippen molar-refractivity contribution in [2.45, 2.75) is 40.0 Å². The van der Waals surface area contributed by atoms with Crippen molar-refractivity contribution in [2.24, 2.45) is 10.4 Å². The van der Waals surface area contributed by atoms with Crippen molar-refractivity contribution in [3.63, 3.8) is 0 Å². The number of hydrogen-bond acceptors (Lipinski definition) is 3. The topological polar surface area (TPSA) is 49.7 Å². The molecule has 0 aliphatic heterocycles. The number of aryl methyl sites for hydroxylation is 1. The fraction of sp³-hybridized carbons (Fsp3) is 0.259. The molecular formula is C27H27NO2. The van der Waals surface area contributed by atoms with Crippen LogP contribution in [0.3, 0.4) is 0 Å². The summed E-state index contributed by atoms with van der Waals surface area (Å²) in [6.07, 6.45) is 1.38. The maximum absolute atomic E-state index is 13.1. The lowest BCUT2D eigenvalue weighted by Crippen LogP contribution is -2.32. The summed E-state index contributed by atoms with van der Waals surface area (Å²) in [6.45, 7) is 6.19. The number of allylic oxidation sites excluding steroid dienone is 2. The van der Waals surface area contributed by atoms with Gasteiger partial charge in [0.2, 0.25) is 0 Å². The first-order valence-corrected chi connectivity index (χ1v) is 10.4. The summed E-state index contributed by atoms with van der Waals surface area (Å²) in [6, 6.07) is 22.1. The van der Waals surface area contributed by atoms with E-state index in [0.29, 0.717) is 30.5 Å². The van der Waals surface area contributed by atoms with Gasteiger partial charge < -0.3 is 5.11 Å². The summed E-state index contributed by atoms with van der Waals surface area (Å²) in [5, 5.41) is 13.3. The van der Waals surface area contributed by atoms with Crippen LogP contribution < -0.4 is 0 Å². The van der Waals surface area contributed by atoms with Crippen molar-refractivity contribution in [1.82, 2.24) is 0 Å². The average molecular weight is 398 g/mol. The number of nitrogens with zero attached hydrogens (tertiary/aromatic N) is 1. The third kappa shape index (κ3) is 4.20. The normalized spacial score (nSPS) is 19.3. The molecule has 0 amide bonds. The number of Topliss-reactive ketones (excluding diaryl/α,β-unsaturated/α-hetero) is 1. The highest BCUT2D eigenvalue weighted by atomic mass is 16.3. The lowest BCUT2D eigenvalue weighted by atomic mass is 9.73. The smallest absolute Gasteiger partial charge is 0.168 e. The number of hydrogen-bond donors (Lipinski definition) is 1. The van der Waals surface area contributed by atoms with E-state index >= 15 is 0 Å². The first-order valence-electron chi connectivity index (χ1n) is 10.4. The number of aliphatic imine (C=N–C) groups is 1. The molecule has 3 nitrogen and oxygen atoms in total. The Hall–Kier alpha value is -3.20. The summed E-state index contributed by atoms with van der Waals surface area (Å²) in [4.78, 5) is 17.9. The van der Waals surface area contributed by atoms with E-state index in [1.165, 1.54) is 0 Å². The molecule has 0 aromatic heterocycles. The lowest BCUT2D eigenvalue weighted by molar-refractivity contribution is -0.117. The van der Waals surface area contributed by atoms with Crippen molar-refractivity contribution in [1.29, 1.82) is 0 Å². The molecule has 0 saturated heterocycles. The second-order valence-corrected chi connectivity index (χ2v) is 8.97. The van der Waals surface area contributed by atoms with Crippen molar-refractivity contribution < 1.29 is 9.90 Å². The summed E-state index contributed by atoms with van der Waals surface area (Å²) >= 11 is 0. The van der Waals surface area contributed by atoms with Gasteiger partial charge in [-0.25, -0.2) is 0 Å². The van der Waals surface area contributed by atoms with Gasteiger partial charge >= 0.3 is 0 Å². The molecule has 0 bridgehead atoms. The van der Waals surface area contributed by atoms with Crippen molar-refractivity contribution in [2.75, 3.05) is 0 Å². The Morgan fingerprint density at radius 1 is 0.967 bits per heavy atom. The maximum atomic E-state index is 13.1. The largest absolute Gasteiger partial charge is 0.511 e. The minimum Gasteiger partial charge on any atom is -0.511 e. The van der Waals surface area contributed by atoms with Gasteiger partial charge in [-0.05, 0) is 47.2 Å². The van der Waals surface area contributed by atoms with Gasteiger partial charge in [-0.2, -0.15) is 0 Å². The van der Waals surface area contributed by atoms with Crippen LogP contribution in [0.15, 0.2) is 83.1 Å². The first-order chi connectivity index (χ1) is 14.3. The number of ketones is 1. The first kappa shape index (κ1) is 20.1. The summed E-state index contributed by atoms with van der Waals surface area (Å²) in [7, 11) is 0. The van der Waals surface area contributed by atoms with Crippen molar-refractivity contribution >= 4 is 28.0 Å². The molecule has 1 fully saturated rings. The van der Waals surface area contributed by atoms with E-state index in [0.717, 1.165) is 27.6 Å². The molecule has 3 aromatic carbocycles. The monoisotopic (exact) mass is 397 g/mol. The van der Waals surface area contributed by atoms with E-state index in [4.69, 9.17) is 4.99 Å². The van der Waals surface area contributed by atoms with E-state index in [2.05, 4.69) is 32.0 Å². The van der Waals surface area contributed by atoms with Gasteiger partial charge in [0, 0.05) is 12.8 Å². The molecule has 0 heterocycles. The molecule has 0 unspecified atom stereocenters. The Kier molecular flexibility index (Phi) is 5.29. The summed E-state index contributed by atoms with van der Waals surface area (Å²) in [5.41, 5.74) is 3.86. The molecular weight excluding hydrogens is 370 g/mol. The predicted octanol–water partition coefficient (Wildman–Crippen LogP) is 6.66. The van der Waals surface area contributed by atoms with Gasteiger partial charge in [0.15, 0.2) is 5.78 Å². The second-order valence-electron chi connectivity index (χ2n) is 8.97. The number of aliphatic hydroxyl groups is 1. The minimum atomic E-state index is -0.177.